The van der Waals surface area contributed by atoms with Gasteiger partial charge in [-0.3, -0.25) is 9.59 Å². The fourth-order valence-corrected chi connectivity index (χ4v) is 3.00. The normalized spacial score (nSPS) is 22.0. The number of nitrogens with one attached hydrogen (secondary N) is 2. The van der Waals surface area contributed by atoms with Crippen LogP contribution in [0.5, 0.6) is 0 Å². The highest BCUT2D eigenvalue weighted by Crippen LogP contribution is 2.38. The molecule has 0 saturated heterocycles. The lowest BCUT2D eigenvalue weighted by Gasteiger charge is -2.21. The molecule has 2 aliphatic heterocycles. The van der Waals surface area contributed by atoms with E-state index in [9.17, 15) is 14.7 Å². The Bertz CT molecular complexity index is 762. The van der Waals surface area contributed by atoms with Gasteiger partial charge in [0.05, 0.1) is 0 Å². The third-order valence-corrected chi connectivity index (χ3v) is 4.61. The third kappa shape index (κ3) is 3.54. The van der Waals surface area contributed by atoms with Crippen LogP contribution in [-0.4, -0.2) is 29.1 Å². The second kappa shape index (κ2) is 6.65. The summed E-state index contributed by atoms with van der Waals surface area (Å²) in [5.74, 6) is 1.92. The zero-order valence-electron chi connectivity index (χ0n) is 13.8. The molecule has 7 heteroatoms. The van der Waals surface area contributed by atoms with E-state index in [-0.39, 0.29) is 25.3 Å². The fraction of sp³-hybridized carbons (Fsp3) is 0.444. The Labute approximate surface area is 145 Å². The number of carbonyl (C=O) groups is 2. The van der Waals surface area contributed by atoms with Crippen LogP contribution in [-0.2, 0) is 15.2 Å². The molecular weight excluding hydrogens is 320 g/mol. The van der Waals surface area contributed by atoms with Gasteiger partial charge in [0.2, 0.25) is 5.91 Å². The van der Waals surface area contributed by atoms with Gasteiger partial charge in [0.1, 0.15) is 0 Å². The highest BCUT2D eigenvalue weighted by atomic mass is 16.3. The molecule has 0 aliphatic carbocycles. The Balaban J connectivity index is 1.46. The molecule has 1 atom stereocenters. The minimum atomic E-state index is -1.61. The van der Waals surface area contributed by atoms with Crippen LogP contribution in [0, 0.1) is 12.3 Å². The average molecular weight is 340 g/mol. The molecule has 0 radical (unpaired) electrons. The minimum absolute atomic E-state index is 0.110. The quantitative estimate of drug-likeness (QED) is 0.627. The van der Waals surface area contributed by atoms with Crippen molar-refractivity contribution in [2.24, 2.45) is 10.2 Å². The van der Waals surface area contributed by atoms with Crippen LogP contribution in [0.2, 0.25) is 0 Å². The summed E-state index contributed by atoms with van der Waals surface area (Å²) in [4.78, 5) is 24.1. The van der Waals surface area contributed by atoms with E-state index in [0.29, 0.717) is 30.5 Å². The van der Waals surface area contributed by atoms with Gasteiger partial charge in [0.15, 0.2) is 11.3 Å². The molecule has 25 heavy (non-hydrogen) atoms. The van der Waals surface area contributed by atoms with Crippen LogP contribution in [0.25, 0.3) is 0 Å². The number of hydrogen-bond donors (Lipinski definition) is 3. The third-order valence-electron chi connectivity index (χ3n) is 4.61. The molecular formula is C18H20N4O3. The average Bonchev–Trinajstić information content (AvgIpc) is 3.33. The van der Waals surface area contributed by atoms with Crippen LogP contribution in [0.3, 0.4) is 0 Å². The van der Waals surface area contributed by atoms with Crippen molar-refractivity contribution in [1.29, 1.82) is 0 Å². The molecule has 0 saturated carbocycles. The summed E-state index contributed by atoms with van der Waals surface area (Å²) in [7, 11) is 0. The number of terminal acetylenes is 1. The Morgan fingerprint density at radius 2 is 2.04 bits per heavy atom. The number of hydrogen-bond acceptors (Lipinski definition) is 5. The molecule has 0 bridgehead atoms. The summed E-state index contributed by atoms with van der Waals surface area (Å²) in [5, 5.41) is 24.1. The number of nitrogens with zero attached hydrogens (tertiary/aromatic N) is 2. The summed E-state index contributed by atoms with van der Waals surface area (Å²) in [6.45, 7) is 0.197. The first-order chi connectivity index (χ1) is 12.0. The topological polar surface area (TPSA) is 103 Å². The van der Waals surface area contributed by atoms with Crippen molar-refractivity contribution in [2.45, 2.75) is 43.4 Å². The summed E-state index contributed by atoms with van der Waals surface area (Å²) < 4.78 is 0. The van der Waals surface area contributed by atoms with Gasteiger partial charge in [-0.2, -0.15) is 10.2 Å². The van der Waals surface area contributed by atoms with Crippen molar-refractivity contribution >= 4 is 17.5 Å². The van der Waals surface area contributed by atoms with Crippen LogP contribution in [0.4, 0.5) is 5.69 Å². The van der Waals surface area contributed by atoms with Crippen molar-refractivity contribution < 1.29 is 14.7 Å². The second-order valence-corrected chi connectivity index (χ2v) is 6.35. The molecule has 2 heterocycles. The van der Waals surface area contributed by atoms with Crippen molar-refractivity contribution in [1.82, 2.24) is 5.32 Å². The fourth-order valence-electron chi connectivity index (χ4n) is 3.00. The van der Waals surface area contributed by atoms with E-state index in [4.69, 9.17) is 6.42 Å². The SMILES string of the molecule is C#CCCC1(CCC(=O)NCCC2(O)C(=O)Nc3ccccc32)N=N1. The molecule has 7 nitrogen and oxygen atoms in total. The lowest BCUT2D eigenvalue weighted by Crippen LogP contribution is -2.38. The largest absolute Gasteiger partial charge is 0.375 e. The van der Waals surface area contributed by atoms with E-state index in [1.807, 2.05) is 0 Å². The zero-order chi connectivity index (χ0) is 17.9. The summed E-state index contributed by atoms with van der Waals surface area (Å²) in [5.41, 5.74) is -0.947. The van der Waals surface area contributed by atoms with Gasteiger partial charge in [-0.15, -0.1) is 12.3 Å². The predicted molar refractivity (Wildman–Crippen MR) is 91.5 cm³/mol. The molecule has 0 fully saturated rings. The van der Waals surface area contributed by atoms with Gasteiger partial charge in [0.25, 0.3) is 5.91 Å². The van der Waals surface area contributed by atoms with Crippen LogP contribution in [0.1, 0.15) is 37.7 Å². The second-order valence-electron chi connectivity index (χ2n) is 6.35. The number of carbonyl (C=O) groups excluding carboxylic acids is 2. The maximum absolute atomic E-state index is 12.1. The number of amides is 2. The van der Waals surface area contributed by atoms with Crippen LogP contribution >= 0.6 is 0 Å². The Morgan fingerprint density at radius 3 is 2.76 bits per heavy atom. The minimum Gasteiger partial charge on any atom is -0.375 e. The summed E-state index contributed by atoms with van der Waals surface area (Å²) in [6, 6.07) is 7.00. The smallest absolute Gasteiger partial charge is 0.261 e. The first-order valence-electron chi connectivity index (χ1n) is 8.27. The summed E-state index contributed by atoms with van der Waals surface area (Å²) >= 11 is 0. The Kier molecular flexibility index (Phi) is 4.55. The Morgan fingerprint density at radius 1 is 1.28 bits per heavy atom. The number of aliphatic hydroxyl groups is 1. The van der Waals surface area contributed by atoms with E-state index in [1.165, 1.54) is 0 Å². The molecule has 3 rings (SSSR count). The maximum atomic E-state index is 12.1. The van der Waals surface area contributed by atoms with Crippen molar-refractivity contribution in [2.75, 3.05) is 11.9 Å². The monoisotopic (exact) mass is 340 g/mol. The number of fused-ring (bicyclic) bond motifs is 1. The van der Waals surface area contributed by atoms with E-state index in [1.54, 1.807) is 24.3 Å². The highest BCUT2D eigenvalue weighted by molar-refractivity contribution is 6.04. The van der Waals surface area contributed by atoms with E-state index < -0.39 is 17.2 Å². The van der Waals surface area contributed by atoms with Crippen molar-refractivity contribution in [3.05, 3.63) is 29.8 Å². The molecule has 0 spiro atoms. The van der Waals surface area contributed by atoms with Crippen LogP contribution in [0.15, 0.2) is 34.5 Å². The molecule has 0 aromatic heterocycles. The Hall–Kier alpha value is -2.72. The lowest BCUT2D eigenvalue weighted by molar-refractivity contribution is -0.134. The molecule has 130 valence electrons. The van der Waals surface area contributed by atoms with E-state index >= 15 is 0 Å². The molecule has 1 aromatic rings. The van der Waals surface area contributed by atoms with Crippen LogP contribution < -0.4 is 10.6 Å². The number of rotatable bonds is 8. The van der Waals surface area contributed by atoms with Gasteiger partial charge in [0, 0.05) is 49.9 Å². The molecule has 3 N–H and O–H groups in total. The van der Waals surface area contributed by atoms with Gasteiger partial charge < -0.3 is 15.7 Å². The highest BCUT2D eigenvalue weighted by Gasteiger charge is 2.44. The maximum Gasteiger partial charge on any atom is 0.261 e. The number of para-hydroxylation sites is 1. The number of anilines is 1. The predicted octanol–water partition coefficient (Wildman–Crippen LogP) is 1.69. The molecule has 1 unspecified atom stereocenters. The van der Waals surface area contributed by atoms with Gasteiger partial charge in [-0.25, -0.2) is 0 Å². The van der Waals surface area contributed by atoms with Crippen molar-refractivity contribution in [3.8, 4) is 12.3 Å². The molecule has 1 aromatic carbocycles. The standard InChI is InChI=1S/C18H20N4O3/c1-2-3-9-17(21-22-17)10-8-15(23)19-12-11-18(25)13-6-4-5-7-14(13)20-16(18)24/h1,4-7,25H,3,8-12H2,(H,19,23)(H,20,24). The van der Waals surface area contributed by atoms with E-state index in [2.05, 4.69) is 26.8 Å². The van der Waals surface area contributed by atoms with E-state index in [0.717, 1.165) is 0 Å². The zero-order valence-corrected chi connectivity index (χ0v) is 13.8. The first-order valence-corrected chi connectivity index (χ1v) is 8.27. The van der Waals surface area contributed by atoms with Gasteiger partial charge in [-0.05, 0) is 6.07 Å². The van der Waals surface area contributed by atoms with Gasteiger partial charge in [-0.1, -0.05) is 18.2 Å². The summed E-state index contributed by atoms with van der Waals surface area (Å²) in [6.07, 6.45) is 7.38. The first kappa shape index (κ1) is 17.1. The van der Waals surface area contributed by atoms with Gasteiger partial charge >= 0.3 is 0 Å². The number of benzene rings is 1. The molecule has 2 amide bonds. The van der Waals surface area contributed by atoms with Crippen molar-refractivity contribution in [3.63, 3.8) is 0 Å². The lowest BCUT2D eigenvalue weighted by atomic mass is 9.92. The molecule has 2 aliphatic rings.